The first-order chi connectivity index (χ1) is 17.9. The average Bonchev–Trinajstić information content (AvgIpc) is 2.78. The molecule has 0 fully saturated rings. The number of halogens is 20. The third kappa shape index (κ3) is 17.9. The standard InChI is InChI=1S/C6H7F8N.C6H9F6N.C5H7F6NO/c1-15(6(12,13)14)5(10,11)2-4(8,9)3-7;1-13(6(10,11)12)5(8,9)3-2-4-7;1-12(5(9,10)11)4(7,8)2-13-3-6/h2-3H2,1H3;2-4H2,1H3;2-3H2,1H3. The van der Waals surface area contributed by atoms with Crippen LogP contribution < -0.4 is 0 Å². The summed E-state index contributed by atoms with van der Waals surface area (Å²) in [6.45, 7) is -6.68. The van der Waals surface area contributed by atoms with Crippen molar-refractivity contribution in [1.82, 2.24) is 14.7 Å². The lowest BCUT2D eigenvalue weighted by molar-refractivity contribution is -0.334. The van der Waals surface area contributed by atoms with Crippen LogP contribution in [-0.2, 0) is 4.74 Å². The molecule has 0 N–H and O–H groups in total. The minimum Gasteiger partial charge on any atom is -0.343 e. The van der Waals surface area contributed by atoms with Crippen LogP contribution in [0.1, 0.15) is 19.3 Å². The van der Waals surface area contributed by atoms with Crippen LogP contribution in [0.15, 0.2) is 0 Å². The Labute approximate surface area is 218 Å². The number of likely N-dealkylation sites (N-methyl/N-ethyl adjacent to an activating group) is 1. The second-order valence-corrected chi connectivity index (χ2v) is 7.49. The highest BCUT2D eigenvalue weighted by Crippen LogP contribution is 2.38. The van der Waals surface area contributed by atoms with Gasteiger partial charge in [0.2, 0.25) is 0 Å². The molecule has 0 heterocycles. The summed E-state index contributed by atoms with van der Waals surface area (Å²) in [6.07, 6.45) is -20.0. The first-order valence-corrected chi connectivity index (χ1v) is 10.0. The van der Waals surface area contributed by atoms with Crippen LogP contribution in [0.3, 0.4) is 0 Å². The fourth-order valence-corrected chi connectivity index (χ4v) is 1.74. The molecule has 0 unspecified atom stereocenters. The van der Waals surface area contributed by atoms with Crippen LogP contribution in [0.5, 0.6) is 0 Å². The van der Waals surface area contributed by atoms with E-state index in [0.29, 0.717) is 0 Å². The Morgan fingerprint density at radius 1 is 0.512 bits per heavy atom. The summed E-state index contributed by atoms with van der Waals surface area (Å²) in [6, 6.07) is -13.2. The van der Waals surface area contributed by atoms with E-state index in [2.05, 4.69) is 4.74 Å². The van der Waals surface area contributed by atoms with Gasteiger partial charge in [-0.15, -0.1) is 0 Å². The first kappa shape index (κ1) is 43.9. The van der Waals surface area contributed by atoms with E-state index in [1.807, 2.05) is 0 Å². The lowest BCUT2D eigenvalue weighted by Crippen LogP contribution is -2.50. The maximum absolute atomic E-state index is 12.6. The van der Waals surface area contributed by atoms with E-state index in [1.165, 1.54) is 0 Å². The Kier molecular flexibility index (Phi) is 17.5. The van der Waals surface area contributed by atoms with Gasteiger partial charge in [0.05, 0.1) is 13.1 Å². The summed E-state index contributed by atoms with van der Waals surface area (Å²) < 4.78 is 242. The highest BCUT2D eigenvalue weighted by atomic mass is 19.4. The van der Waals surface area contributed by atoms with Crippen molar-refractivity contribution in [3.05, 3.63) is 0 Å². The molecule has 0 aliphatic heterocycles. The molecule has 0 radical (unpaired) electrons. The maximum atomic E-state index is 12.6. The topological polar surface area (TPSA) is 19.0 Å². The van der Waals surface area contributed by atoms with E-state index in [-0.39, 0.29) is 21.1 Å². The van der Waals surface area contributed by atoms with E-state index >= 15 is 0 Å². The molecular weight excluding hydrogens is 642 g/mol. The van der Waals surface area contributed by atoms with Crippen molar-refractivity contribution < 1.29 is 92.5 Å². The number of ether oxygens (including phenoxy) is 1. The fourth-order valence-electron chi connectivity index (χ4n) is 1.74. The molecule has 0 saturated carbocycles. The SMILES string of the molecule is CN(C(F)(F)F)C(F)(F)CC(F)(F)CF.CN(C(F)(F)F)C(F)(F)CCCF.CN(C(F)(F)F)C(F)(F)COCF. The molecule has 0 amide bonds. The molecule has 41 heavy (non-hydrogen) atoms. The number of alkyl halides is 20. The third-order valence-corrected chi connectivity index (χ3v) is 4.24. The van der Waals surface area contributed by atoms with Gasteiger partial charge in [0, 0.05) is 27.6 Å². The molecule has 0 aromatic heterocycles. The van der Waals surface area contributed by atoms with Gasteiger partial charge in [0.25, 0.3) is 5.92 Å². The van der Waals surface area contributed by atoms with Crippen molar-refractivity contribution in [2.24, 2.45) is 0 Å². The van der Waals surface area contributed by atoms with Gasteiger partial charge in [-0.3, -0.25) is 4.39 Å². The van der Waals surface area contributed by atoms with Crippen LogP contribution in [0.2, 0.25) is 0 Å². The number of hydrogen-bond donors (Lipinski definition) is 0. The molecule has 252 valence electrons. The van der Waals surface area contributed by atoms with Crippen molar-refractivity contribution in [1.29, 1.82) is 0 Å². The fraction of sp³-hybridized carbons (Fsp3) is 1.00. The zero-order chi connectivity index (χ0) is 33.9. The van der Waals surface area contributed by atoms with Gasteiger partial charge in [0.15, 0.2) is 13.5 Å². The van der Waals surface area contributed by atoms with Crippen LogP contribution >= 0.6 is 0 Å². The van der Waals surface area contributed by atoms with E-state index in [0.717, 1.165) is 0 Å². The molecule has 0 rings (SSSR count). The monoisotopic (exact) mass is 665 g/mol. The molecule has 0 bridgehead atoms. The van der Waals surface area contributed by atoms with Crippen molar-refractivity contribution in [2.45, 2.75) is 62.2 Å². The van der Waals surface area contributed by atoms with Gasteiger partial charge in [0.1, 0.15) is 6.61 Å². The highest BCUT2D eigenvalue weighted by molar-refractivity contribution is 4.77. The molecule has 0 spiro atoms. The van der Waals surface area contributed by atoms with Crippen molar-refractivity contribution >= 4 is 0 Å². The van der Waals surface area contributed by atoms with Crippen molar-refractivity contribution in [3.8, 4) is 0 Å². The van der Waals surface area contributed by atoms with Gasteiger partial charge < -0.3 is 4.74 Å². The van der Waals surface area contributed by atoms with Crippen molar-refractivity contribution in [3.63, 3.8) is 0 Å². The smallest absolute Gasteiger partial charge is 0.343 e. The number of hydrogen-bond acceptors (Lipinski definition) is 4. The predicted octanol–water partition coefficient (Wildman–Crippen LogP) is 7.78. The summed E-state index contributed by atoms with van der Waals surface area (Å²) in [5.74, 6) is -4.48. The largest absolute Gasteiger partial charge is 0.464 e. The maximum Gasteiger partial charge on any atom is 0.464 e. The third-order valence-electron chi connectivity index (χ3n) is 4.24. The van der Waals surface area contributed by atoms with Gasteiger partial charge >= 0.3 is 37.0 Å². The van der Waals surface area contributed by atoms with Gasteiger partial charge in [-0.25, -0.2) is 17.6 Å². The van der Waals surface area contributed by atoms with Crippen LogP contribution in [-0.4, -0.2) is 106 Å². The molecule has 0 aliphatic rings. The highest BCUT2D eigenvalue weighted by Gasteiger charge is 2.55. The van der Waals surface area contributed by atoms with E-state index in [1.54, 1.807) is 0 Å². The average molecular weight is 665 g/mol. The lowest BCUT2D eigenvalue weighted by atomic mass is 10.2. The summed E-state index contributed by atoms with van der Waals surface area (Å²) in [5.41, 5.74) is 0. The Morgan fingerprint density at radius 3 is 1.15 bits per heavy atom. The zero-order valence-electron chi connectivity index (χ0n) is 20.8. The summed E-state index contributed by atoms with van der Waals surface area (Å²) >= 11 is 0. The Balaban J connectivity index is -0.000000530. The van der Waals surface area contributed by atoms with E-state index in [4.69, 9.17) is 0 Å². The zero-order valence-corrected chi connectivity index (χ0v) is 20.8. The Bertz CT molecular complexity index is 673. The van der Waals surface area contributed by atoms with Gasteiger partial charge in [-0.1, -0.05) is 0 Å². The molecular formula is C17H23F20N3O. The van der Waals surface area contributed by atoms with Gasteiger partial charge in [-0.05, 0) is 6.42 Å². The minimum atomic E-state index is -5.46. The minimum absolute atomic E-state index is 0.0890. The molecule has 24 heteroatoms. The summed E-state index contributed by atoms with van der Waals surface area (Å²) in [7, 11) is 0.300. The van der Waals surface area contributed by atoms with Crippen LogP contribution in [0.4, 0.5) is 87.8 Å². The summed E-state index contributed by atoms with van der Waals surface area (Å²) in [4.78, 5) is -3.64. The molecule has 0 aromatic rings. The first-order valence-electron chi connectivity index (χ1n) is 10.0. The Hall–Kier alpha value is -1.56. The normalized spacial score (nSPS) is 14.2. The molecule has 0 aromatic carbocycles. The van der Waals surface area contributed by atoms with E-state index in [9.17, 15) is 87.8 Å². The molecule has 0 saturated heterocycles. The number of rotatable bonds is 12. The molecule has 0 atom stereocenters. The quantitative estimate of drug-likeness (QED) is 0.157. The van der Waals surface area contributed by atoms with E-state index < -0.39 is 104 Å². The summed E-state index contributed by atoms with van der Waals surface area (Å²) in [5, 5.41) is 0. The Morgan fingerprint density at radius 2 is 0.854 bits per heavy atom. The van der Waals surface area contributed by atoms with Crippen LogP contribution in [0.25, 0.3) is 0 Å². The van der Waals surface area contributed by atoms with Crippen LogP contribution in [0, 0.1) is 0 Å². The second-order valence-electron chi connectivity index (χ2n) is 7.49. The number of nitrogens with zero attached hydrogens (tertiary/aromatic N) is 3. The lowest BCUT2D eigenvalue weighted by Gasteiger charge is -2.30. The second kappa shape index (κ2) is 16.3. The predicted molar refractivity (Wildman–Crippen MR) is 99.0 cm³/mol. The van der Waals surface area contributed by atoms with Crippen molar-refractivity contribution in [2.75, 3.05) is 48.0 Å². The molecule has 0 aliphatic carbocycles. The van der Waals surface area contributed by atoms with Gasteiger partial charge in [-0.2, -0.15) is 80.6 Å². The molecule has 4 nitrogen and oxygen atoms in total.